The minimum Gasteiger partial charge on any atom is -0.350 e. The lowest BCUT2D eigenvalue weighted by Gasteiger charge is -2.26. The zero-order chi connectivity index (χ0) is 13.1. The molecule has 0 radical (unpaired) electrons. The molecule has 1 heterocycles. The molecular weight excluding hydrogens is 255 g/mol. The van der Waals surface area contributed by atoms with Crippen molar-refractivity contribution in [2.24, 2.45) is 0 Å². The monoisotopic (exact) mass is 270 g/mol. The van der Waals surface area contributed by atoms with E-state index in [1.54, 1.807) is 12.1 Å². The molecule has 2 rings (SSSR count). The van der Waals surface area contributed by atoms with Crippen LogP contribution in [0.3, 0.4) is 0 Å². The van der Waals surface area contributed by atoms with Crippen LogP contribution in [0.5, 0.6) is 0 Å². The number of amides is 1. The van der Waals surface area contributed by atoms with Crippen molar-refractivity contribution in [3.8, 4) is 0 Å². The van der Waals surface area contributed by atoms with Crippen LogP contribution >= 0.6 is 11.6 Å². The molecule has 0 aliphatic carbocycles. The van der Waals surface area contributed by atoms with E-state index in [-0.39, 0.29) is 29.7 Å². The Morgan fingerprint density at radius 3 is 2.78 bits per heavy atom. The second-order valence-electron chi connectivity index (χ2n) is 4.57. The molecule has 2 atom stereocenters. The van der Waals surface area contributed by atoms with Gasteiger partial charge in [0.05, 0.1) is 6.04 Å². The number of halogens is 2. The van der Waals surface area contributed by atoms with Crippen molar-refractivity contribution in [3.63, 3.8) is 0 Å². The van der Waals surface area contributed by atoms with E-state index in [1.807, 2.05) is 7.05 Å². The van der Waals surface area contributed by atoms with E-state index < -0.39 is 0 Å². The molecule has 0 unspecified atom stereocenters. The molecule has 98 valence electrons. The molecular formula is C13H16ClFN2O. The van der Waals surface area contributed by atoms with Crippen molar-refractivity contribution in [2.45, 2.75) is 18.5 Å². The first-order valence-electron chi connectivity index (χ1n) is 5.93. The second kappa shape index (κ2) is 5.67. The predicted octanol–water partition coefficient (Wildman–Crippen LogP) is 1.93. The third kappa shape index (κ3) is 2.82. The summed E-state index contributed by atoms with van der Waals surface area (Å²) in [5, 5.41) is 2.92. The molecule has 18 heavy (non-hydrogen) atoms. The number of likely N-dealkylation sites (tertiary alicyclic amines) is 1. The average molecular weight is 271 g/mol. The Bertz CT molecular complexity index is 424. The van der Waals surface area contributed by atoms with E-state index in [4.69, 9.17) is 11.6 Å². The zero-order valence-corrected chi connectivity index (χ0v) is 11.0. The largest absolute Gasteiger partial charge is 0.350 e. The van der Waals surface area contributed by atoms with E-state index in [1.165, 1.54) is 12.1 Å². The van der Waals surface area contributed by atoms with Crippen LogP contribution in [0.4, 0.5) is 4.39 Å². The molecule has 5 heteroatoms. The van der Waals surface area contributed by atoms with E-state index in [0.717, 1.165) is 18.5 Å². The molecule has 1 aliphatic rings. The van der Waals surface area contributed by atoms with Gasteiger partial charge in [-0.3, -0.25) is 9.69 Å². The smallest absolute Gasteiger partial charge is 0.235 e. The van der Waals surface area contributed by atoms with Gasteiger partial charge in [-0.25, -0.2) is 4.39 Å². The molecule has 0 saturated carbocycles. The summed E-state index contributed by atoms with van der Waals surface area (Å²) in [7, 11) is 2.00. The molecule has 1 aliphatic heterocycles. The summed E-state index contributed by atoms with van der Waals surface area (Å²) in [5.41, 5.74) is 1.01. The summed E-state index contributed by atoms with van der Waals surface area (Å²) < 4.78 is 12.9. The second-order valence-corrected chi connectivity index (χ2v) is 4.84. The van der Waals surface area contributed by atoms with Crippen LogP contribution in [0, 0.1) is 5.82 Å². The average Bonchev–Trinajstić information content (AvgIpc) is 2.72. The fourth-order valence-electron chi connectivity index (χ4n) is 2.49. The van der Waals surface area contributed by atoms with Gasteiger partial charge in [-0.2, -0.15) is 0 Å². The predicted molar refractivity (Wildman–Crippen MR) is 69.0 cm³/mol. The minimum atomic E-state index is -0.249. The van der Waals surface area contributed by atoms with Crippen LogP contribution in [0.15, 0.2) is 24.3 Å². The third-order valence-corrected chi connectivity index (χ3v) is 3.57. The van der Waals surface area contributed by atoms with Gasteiger partial charge in [-0.15, -0.1) is 11.6 Å². The van der Waals surface area contributed by atoms with E-state index in [2.05, 4.69) is 10.2 Å². The number of nitrogens with one attached hydrogen (secondary N) is 1. The van der Waals surface area contributed by atoms with Gasteiger partial charge in [-0.1, -0.05) is 12.1 Å². The van der Waals surface area contributed by atoms with Crippen LogP contribution in [0.2, 0.25) is 0 Å². The molecule has 1 amide bonds. The summed E-state index contributed by atoms with van der Waals surface area (Å²) >= 11 is 5.51. The Morgan fingerprint density at radius 2 is 2.17 bits per heavy atom. The van der Waals surface area contributed by atoms with Crippen molar-refractivity contribution in [2.75, 3.05) is 19.5 Å². The highest BCUT2D eigenvalue weighted by Crippen LogP contribution is 2.30. The number of likely N-dealkylation sites (N-methyl/N-ethyl adjacent to an activating group) is 1. The molecule has 0 spiro atoms. The summed E-state index contributed by atoms with van der Waals surface area (Å²) in [6, 6.07) is 6.54. The van der Waals surface area contributed by atoms with Crippen LogP contribution in [-0.2, 0) is 4.79 Å². The molecule has 0 bridgehead atoms. The van der Waals surface area contributed by atoms with E-state index >= 15 is 0 Å². The highest BCUT2D eigenvalue weighted by molar-refractivity contribution is 6.27. The lowest BCUT2D eigenvalue weighted by Crippen LogP contribution is -2.39. The normalized spacial score (nSPS) is 24.2. The number of carbonyl (C=O) groups excluding carboxylic acids is 1. The van der Waals surface area contributed by atoms with Crippen LogP contribution < -0.4 is 5.32 Å². The fourth-order valence-corrected chi connectivity index (χ4v) is 2.57. The summed E-state index contributed by atoms with van der Waals surface area (Å²) in [6.07, 6.45) is 0.876. The van der Waals surface area contributed by atoms with Gasteiger partial charge in [0.2, 0.25) is 5.91 Å². The van der Waals surface area contributed by atoms with Gasteiger partial charge in [-0.05, 0) is 31.2 Å². The molecule has 0 aromatic heterocycles. The number of rotatable bonds is 3. The molecule has 1 saturated heterocycles. The van der Waals surface area contributed by atoms with E-state index in [9.17, 15) is 9.18 Å². The number of alkyl halides is 1. The highest BCUT2D eigenvalue weighted by Gasteiger charge is 2.33. The highest BCUT2D eigenvalue weighted by atomic mass is 35.5. The van der Waals surface area contributed by atoms with Crippen molar-refractivity contribution >= 4 is 17.5 Å². The number of hydrogen-bond donors (Lipinski definition) is 1. The number of hydrogen-bond acceptors (Lipinski definition) is 2. The van der Waals surface area contributed by atoms with Gasteiger partial charge in [0.15, 0.2) is 0 Å². The minimum absolute atomic E-state index is 0.0314. The fraction of sp³-hybridized carbons (Fsp3) is 0.462. The molecule has 3 nitrogen and oxygen atoms in total. The summed E-state index contributed by atoms with van der Waals surface area (Å²) in [4.78, 5) is 13.5. The first-order chi connectivity index (χ1) is 8.61. The summed E-state index contributed by atoms with van der Waals surface area (Å²) in [6.45, 7) is 0.898. The van der Waals surface area contributed by atoms with Gasteiger partial charge >= 0.3 is 0 Å². The maximum atomic E-state index is 12.9. The first-order valence-corrected chi connectivity index (χ1v) is 6.46. The van der Waals surface area contributed by atoms with Crippen molar-refractivity contribution in [1.29, 1.82) is 0 Å². The van der Waals surface area contributed by atoms with Gasteiger partial charge < -0.3 is 5.32 Å². The summed E-state index contributed by atoms with van der Waals surface area (Å²) in [5.74, 6) is -0.444. The lowest BCUT2D eigenvalue weighted by molar-refractivity contribution is -0.119. The Morgan fingerprint density at radius 1 is 1.50 bits per heavy atom. The number of carbonyl (C=O) groups is 1. The Balaban J connectivity index is 2.16. The maximum absolute atomic E-state index is 12.9. The van der Waals surface area contributed by atoms with Crippen LogP contribution in [0.25, 0.3) is 0 Å². The molecule has 1 aromatic carbocycles. The lowest BCUT2D eigenvalue weighted by atomic mass is 10.00. The number of benzene rings is 1. The van der Waals surface area contributed by atoms with Crippen LogP contribution in [-0.4, -0.2) is 36.3 Å². The van der Waals surface area contributed by atoms with Crippen molar-refractivity contribution in [1.82, 2.24) is 10.2 Å². The zero-order valence-electron chi connectivity index (χ0n) is 10.2. The van der Waals surface area contributed by atoms with Gasteiger partial charge in [0.1, 0.15) is 11.7 Å². The number of nitrogens with zero attached hydrogens (tertiary/aromatic N) is 1. The standard InChI is InChI=1S/C13H16ClFN2O/c1-17-7-6-11(16-12(18)8-14)13(17)9-2-4-10(15)5-3-9/h2-5,11,13H,6-8H2,1H3,(H,16,18)/t11-,13+/m1/s1. The van der Waals surface area contributed by atoms with Crippen molar-refractivity contribution < 1.29 is 9.18 Å². The molecule has 1 N–H and O–H groups in total. The van der Waals surface area contributed by atoms with Crippen molar-refractivity contribution in [3.05, 3.63) is 35.6 Å². The maximum Gasteiger partial charge on any atom is 0.235 e. The molecule has 1 fully saturated rings. The Hall–Kier alpha value is -1.13. The third-order valence-electron chi connectivity index (χ3n) is 3.33. The van der Waals surface area contributed by atoms with E-state index in [0.29, 0.717) is 0 Å². The Kier molecular flexibility index (Phi) is 4.19. The quantitative estimate of drug-likeness (QED) is 0.852. The Labute approximate surface area is 111 Å². The first kappa shape index (κ1) is 13.3. The topological polar surface area (TPSA) is 32.3 Å². The van der Waals surface area contributed by atoms with Crippen LogP contribution in [0.1, 0.15) is 18.0 Å². The van der Waals surface area contributed by atoms with Gasteiger partial charge in [0, 0.05) is 12.6 Å². The molecule has 1 aromatic rings. The van der Waals surface area contributed by atoms with Gasteiger partial charge in [0.25, 0.3) is 0 Å². The SMILES string of the molecule is CN1CC[C@@H](NC(=O)CCl)[C@@H]1c1ccc(F)cc1.